The van der Waals surface area contributed by atoms with Crippen molar-refractivity contribution in [3.63, 3.8) is 0 Å². The van der Waals surface area contributed by atoms with Gasteiger partial charge in [-0.15, -0.1) is 0 Å². The normalized spacial score (nSPS) is 10.8. The molecule has 2 aromatic carbocycles. The number of hydrogen-bond donors (Lipinski definition) is 3. The van der Waals surface area contributed by atoms with Gasteiger partial charge in [0.1, 0.15) is 0 Å². The van der Waals surface area contributed by atoms with E-state index in [4.69, 9.17) is 0 Å². The average Bonchev–Trinajstić information content (AvgIpc) is 2.59. The van der Waals surface area contributed by atoms with Crippen molar-refractivity contribution in [1.82, 2.24) is 10.6 Å². The van der Waals surface area contributed by atoms with Gasteiger partial charge in [0.05, 0.1) is 10.6 Å². The van der Waals surface area contributed by atoms with Gasteiger partial charge in [0.15, 0.2) is 0 Å². The third-order valence-corrected chi connectivity index (χ3v) is 4.89. The van der Waals surface area contributed by atoms with Crippen molar-refractivity contribution in [2.24, 2.45) is 0 Å². The van der Waals surface area contributed by atoms with Gasteiger partial charge in [0.2, 0.25) is 0 Å². The van der Waals surface area contributed by atoms with Crippen molar-refractivity contribution in [2.45, 2.75) is 11.8 Å². The van der Waals surface area contributed by atoms with Crippen molar-refractivity contribution in [2.75, 3.05) is 18.8 Å². The van der Waals surface area contributed by atoms with Gasteiger partial charge in [-0.1, -0.05) is 17.7 Å². The molecule has 0 saturated carbocycles. The summed E-state index contributed by atoms with van der Waals surface area (Å²) in [5.74, 6) is -0.858. The van der Waals surface area contributed by atoms with E-state index in [-0.39, 0.29) is 21.7 Å². The maximum absolute atomic E-state index is 12.5. The van der Waals surface area contributed by atoms with E-state index in [9.17, 15) is 18.0 Å². The van der Waals surface area contributed by atoms with Crippen LogP contribution in [0.5, 0.6) is 0 Å². The topological polar surface area (TPSA) is 104 Å². The van der Waals surface area contributed by atoms with E-state index in [1.54, 1.807) is 12.1 Å². The number of hydrogen-bond acceptors (Lipinski definition) is 4. The summed E-state index contributed by atoms with van der Waals surface area (Å²) in [5, 5.41) is 4.89. The number of nitrogens with one attached hydrogen (secondary N) is 3. The van der Waals surface area contributed by atoms with Crippen molar-refractivity contribution in [3.05, 3.63) is 59.2 Å². The summed E-state index contributed by atoms with van der Waals surface area (Å²) < 4.78 is 27.4. The predicted octanol–water partition coefficient (Wildman–Crippen LogP) is 1.52. The Kier molecular flexibility index (Phi) is 5.43. The minimum absolute atomic E-state index is 0.0879. The van der Waals surface area contributed by atoms with Gasteiger partial charge in [0, 0.05) is 25.2 Å². The first-order chi connectivity index (χ1) is 11.8. The lowest BCUT2D eigenvalue weighted by Gasteiger charge is -2.12. The molecule has 0 aliphatic carbocycles. The van der Waals surface area contributed by atoms with E-state index in [1.807, 2.05) is 6.92 Å². The lowest BCUT2D eigenvalue weighted by molar-refractivity contribution is 0.0962. The molecule has 0 atom stereocenters. The summed E-state index contributed by atoms with van der Waals surface area (Å²) in [6, 6.07) is 10.5. The van der Waals surface area contributed by atoms with E-state index in [2.05, 4.69) is 15.4 Å². The predicted molar refractivity (Wildman–Crippen MR) is 95.2 cm³/mol. The minimum atomic E-state index is -3.84. The third-order valence-electron chi connectivity index (χ3n) is 3.50. The van der Waals surface area contributed by atoms with Crippen LogP contribution in [0.4, 0.5) is 5.69 Å². The van der Waals surface area contributed by atoms with Crippen LogP contribution in [0.2, 0.25) is 0 Å². The first-order valence-electron chi connectivity index (χ1n) is 7.45. The summed E-state index contributed by atoms with van der Waals surface area (Å²) in [6.45, 7) is 1.85. The second kappa shape index (κ2) is 7.35. The quantitative estimate of drug-likeness (QED) is 0.751. The SMILES string of the molecule is CNC(=O)c1cc(NS(=O)(=O)c2ccc(C)cc2)cc(C(=O)NC)c1. The van der Waals surface area contributed by atoms with E-state index in [0.717, 1.165) is 5.56 Å². The zero-order chi connectivity index (χ0) is 18.6. The van der Waals surface area contributed by atoms with Crippen LogP contribution in [0.15, 0.2) is 47.4 Å². The molecule has 0 fully saturated rings. The highest BCUT2D eigenvalue weighted by atomic mass is 32.2. The number of carbonyl (C=O) groups excluding carboxylic acids is 2. The highest BCUT2D eigenvalue weighted by molar-refractivity contribution is 7.92. The average molecular weight is 361 g/mol. The molecule has 0 unspecified atom stereocenters. The van der Waals surface area contributed by atoms with E-state index in [1.165, 1.54) is 44.4 Å². The zero-order valence-electron chi connectivity index (χ0n) is 14.1. The van der Waals surface area contributed by atoms with Crippen LogP contribution in [0.3, 0.4) is 0 Å². The molecule has 0 heterocycles. The van der Waals surface area contributed by atoms with Gasteiger partial charge in [-0.05, 0) is 37.3 Å². The molecule has 0 spiro atoms. The van der Waals surface area contributed by atoms with Gasteiger partial charge >= 0.3 is 0 Å². The molecule has 0 radical (unpaired) electrons. The van der Waals surface area contributed by atoms with Crippen molar-refractivity contribution < 1.29 is 18.0 Å². The van der Waals surface area contributed by atoms with Crippen LogP contribution >= 0.6 is 0 Å². The van der Waals surface area contributed by atoms with Gasteiger partial charge in [-0.3, -0.25) is 14.3 Å². The molecule has 2 rings (SSSR count). The molecule has 132 valence electrons. The van der Waals surface area contributed by atoms with E-state index >= 15 is 0 Å². The Labute approximate surface area is 146 Å². The summed E-state index contributed by atoms with van der Waals surface area (Å²) >= 11 is 0. The maximum Gasteiger partial charge on any atom is 0.261 e. The Bertz CT molecular complexity index is 872. The Hall–Kier alpha value is -2.87. The Morgan fingerprint density at radius 2 is 1.32 bits per heavy atom. The Morgan fingerprint density at radius 1 is 0.840 bits per heavy atom. The summed E-state index contributed by atoms with van der Waals surface area (Å²) in [7, 11) is -0.943. The number of carbonyl (C=O) groups is 2. The van der Waals surface area contributed by atoms with Crippen LogP contribution in [0.1, 0.15) is 26.3 Å². The monoisotopic (exact) mass is 361 g/mol. The van der Waals surface area contributed by atoms with Crippen LogP contribution < -0.4 is 15.4 Å². The van der Waals surface area contributed by atoms with Crippen LogP contribution in [0, 0.1) is 6.92 Å². The van der Waals surface area contributed by atoms with Crippen LogP contribution in [-0.4, -0.2) is 34.3 Å². The number of sulfonamides is 1. The van der Waals surface area contributed by atoms with E-state index in [0.29, 0.717) is 0 Å². The summed E-state index contributed by atoms with van der Waals surface area (Å²) in [6.07, 6.45) is 0. The number of rotatable bonds is 5. The van der Waals surface area contributed by atoms with Gasteiger partial charge < -0.3 is 10.6 Å². The molecule has 7 nitrogen and oxygen atoms in total. The number of amides is 2. The number of benzene rings is 2. The summed E-state index contributed by atoms with van der Waals surface area (Å²) in [4.78, 5) is 23.9. The molecule has 0 bridgehead atoms. The number of anilines is 1. The van der Waals surface area contributed by atoms with Crippen LogP contribution in [0.25, 0.3) is 0 Å². The standard InChI is InChI=1S/C17H19N3O4S/c1-11-4-6-15(7-5-11)25(23,24)20-14-9-12(16(21)18-2)8-13(10-14)17(22)19-3/h4-10,20H,1-3H3,(H,18,21)(H,19,22). The van der Waals surface area contributed by atoms with Gasteiger partial charge in [-0.25, -0.2) is 8.42 Å². The lowest BCUT2D eigenvalue weighted by atomic mass is 10.1. The molecule has 3 N–H and O–H groups in total. The molecule has 0 aliphatic heterocycles. The second-order valence-electron chi connectivity index (χ2n) is 5.38. The van der Waals surface area contributed by atoms with Crippen molar-refractivity contribution in [1.29, 1.82) is 0 Å². The molecule has 0 aromatic heterocycles. The molecule has 25 heavy (non-hydrogen) atoms. The number of aryl methyl sites for hydroxylation is 1. The third kappa shape index (κ3) is 4.36. The molecule has 2 amide bonds. The smallest absolute Gasteiger partial charge is 0.261 e. The molecule has 0 aliphatic rings. The minimum Gasteiger partial charge on any atom is -0.355 e. The maximum atomic E-state index is 12.5. The molecular formula is C17H19N3O4S. The fraction of sp³-hybridized carbons (Fsp3) is 0.176. The molecular weight excluding hydrogens is 342 g/mol. The zero-order valence-corrected chi connectivity index (χ0v) is 14.9. The first-order valence-corrected chi connectivity index (χ1v) is 8.94. The largest absolute Gasteiger partial charge is 0.355 e. The fourth-order valence-electron chi connectivity index (χ4n) is 2.17. The molecule has 0 saturated heterocycles. The fourth-order valence-corrected chi connectivity index (χ4v) is 3.21. The Morgan fingerprint density at radius 3 is 1.76 bits per heavy atom. The van der Waals surface area contributed by atoms with Gasteiger partial charge in [-0.2, -0.15) is 0 Å². The van der Waals surface area contributed by atoms with Crippen molar-refractivity contribution >= 4 is 27.5 Å². The van der Waals surface area contributed by atoms with Crippen molar-refractivity contribution in [3.8, 4) is 0 Å². The summed E-state index contributed by atoms with van der Waals surface area (Å²) in [5.41, 5.74) is 1.40. The Balaban J connectivity index is 2.45. The second-order valence-corrected chi connectivity index (χ2v) is 7.06. The lowest BCUT2D eigenvalue weighted by Crippen LogP contribution is -2.22. The molecule has 2 aromatic rings. The molecule has 8 heteroatoms. The highest BCUT2D eigenvalue weighted by Gasteiger charge is 2.17. The van der Waals surface area contributed by atoms with E-state index < -0.39 is 21.8 Å². The first kappa shape index (κ1) is 18.5. The van der Waals surface area contributed by atoms with Gasteiger partial charge in [0.25, 0.3) is 21.8 Å². The van der Waals surface area contributed by atoms with Crippen LogP contribution in [-0.2, 0) is 10.0 Å². The highest BCUT2D eigenvalue weighted by Crippen LogP contribution is 2.20.